The van der Waals surface area contributed by atoms with Crippen molar-refractivity contribution in [1.82, 2.24) is 19.6 Å². The molecule has 21 heavy (non-hydrogen) atoms. The van der Waals surface area contributed by atoms with Crippen LogP contribution in [0.15, 0.2) is 29.8 Å². The van der Waals surface area contributed by atoms with Gasteiger partial charge in [0, 0.05) is 25.4 Å². The molecule has 0 aromatic carbocycles. The Hall–Kier alpha value is -2.08. The van der Waals surface area contributed by atoms with Crippen molar-refractivity contribution in [3.05, 3.63) is 51.7 Å². The number of rotatable bonds is 6. The fourth-order valence-corrected chi connectivity index (χ4v) is 2.27. The highest BCUT2D eigenvalue weighted by Crippen LogP contribution is 2.17. The summed E-state index contributed by atoms with van der Waals surface area (Å²) in [6.07, 6.45) is 5.95. The Bertz CT molecular complexity index is 704. The van der Waals surface area contributed by atoms with Crippen molar-refractivity contribution in [3.63, 3.8) is 0 Å². The first kappa shape index (κ1) is 15.3. The number of allylic oxidation sites excluding steroid dienone is 1. The minimum atomic E-state index is -0.330. The van der Waals surface area contributed by atoms with Gasteiger partial charge in [0.05, 0.1) is 24.1 Å². The zero-order chi connectivity index (χ0) is 15.4. The van der Waals surface area contributed by atoms with E-state index in [9.17, 15) is 4.79 Å². The van der Waals surface area contributed by atoms with Gasteiger partial charge >= 0.3 is 0 Å². The maximum atomic E-state index is 12.0. The summed E-state index contributed by atoms with van der Waals surface area (Å²) in [5.41, 5.74) is 2.29. The summed E-state index contributed by atoms with van der Waals surface area (Å²) < 4.78 is 3.04. The Morgan fingerprint density at radius 2 is 2.29 bits per heavy atom. The van der Waals surface area contributed by atoms with E-state index in [2.05, 4.69) is 29.0 Å². The van der Waals surface area contributed by atoms with Crippen LogP contribution in [-0.2, 0) is 26.6 Å². The van der Waals surface area contributed by atoms with E-state index in [1.165, 1.54) is 4.68 Å². The van der Waals surface area contributed by atoms with Gasteiger partial charge in [0.2, 0.25) is 0 Å². The van der Waals surface area contributed by atoms with Gasteiger partial charge < -0.3 is 5.32 Å². The monoisotopic (exact) mass is 307 g/mol. The van der Waals surface area contributed by atoms with Crippen molar-refractivity contribution < 1.29 is 0 Å². The van der Waals surface area contributed by atoms with Gasteiger partial charge in [-0.05, 0) is 6.42 Å². The molecule has 6 nitrogen and oxygen atoms in total. The van der Waals surface area contributed by atoms with Gasteiger partial charge in [-0.1, -0.05) is 24.6 Å². The number of halogens is 1. The Balaban J connectivity index is 2.18. The van der Waals surface area contributed by atoms with Crippen LogP contribution in [0.5, 0.6) is 0 Å². The Kier molecular flexibility index (Phi) is 4.80. The van der Waals surface area contributed by atoms with Crippen molar-refractivity contribution >= 4 is 17.3 Å². The smallest absolute Gasteiger partial charge is 0.287 e. The third kappa shape index (κ3) is 3.33. The number of hydrogen-bond acceptors (Lipinski definition) is 4. The molecule has 2 heterocycles. The Morgan fingerprint density at radius 1 is 1.52 bits per heavy atom. The molecule has 1 N–H and O–H groups in total. The summed E-state index contributed by atoms with van der Waals surface area (Å²) in [5.74, 6) is 0. The van der Waals surface area contributed by atoms with Crippen molar-refractivity contribution in [2.75, 3.05) is 5.32 Å². The third-order valence-electron chi connectivity index (χ3n) is 3.08. The van der Waals surface area contributed by atoms with Gasteiger partial charge in [0.1, 0.15) is 5.02 Å². The maximum absolute atomic E-state index is 12.0. The zero-order valence-electron chi connectivity index (χ0n) is 12.1. The number of aryl methyl sites for hydroxylation is 2. The zero-order valence-corrected chi connectivity index (χ0v) is 12.9. The topological polar surface area (TPSA) is 64.7 Å². The van der Waals surface area contributed by atoms with Gasteiger partial charge in [-0.25, -0.2) is 4.68 Å². The number of hydrogen-bond donors (Lipinski definition) is 1. The predicted octanol–water partition coefficient (Wildman–Crippen LogP) is 1.99. The molecule has 0 radical (unpaired) electrons. The molecule has 0 saturated carbocycles. The van der Waals surface area contributed by atoms with Crippen molar-refractivity contribution in [1.29, 1.82) is 0 Å². The van der Waals surface area contributed by atoms with E-state index in [1.807, 2.05) is 13.2 Å². The first-order chi connectivity index (χ1) is 10.1. The molecule has 0 spiro atoms. The molecule has 0 aliphatic carbocycles. The van der Waals surface area contributed by atoms with Crippen LogP contribution in [-0.4, -0.2) is 19.6 Å². The second-order valence-corrected chi connectivity index (χ2v) is 5.01. The summed E-state index contributed by atoms with van der Waals surface area (Å²) in [6, 6.07) is 0. The minimum Gasteiger partial charge on any atom is -0.378 e. The Labute approximate surface area is 128 Å². The quantitative estimate of drug-likeness (QED) is 0.829. The molecule has 0 saturated heterocycles. The molecule has 112 valence electrons. The lowest BCUT2D eigenvalue weighted by molar-refractivity contribution is 0.653. The lowest BCUT2D eigenvalue weighted by atomic mass is 10.2. The average molecular weight is 308 g/mol. The fraction of sp³-hybridized carbons (Fsp3) is 0.357. The van der Waals surface area contributed by atoms with E-state index in [4.69, 9.17) is 11.6 Å². The number of nitrogens with one attached hydrogen (secondary N) is 1. The van der Waals surface area contributed by atoms with Crippen LogP contribution in [0.2, 0.25) is 5.02 Å². The molecule has 0 atom stereocenters. The van der Waals surface area contributed by atoms with Gasteiger partial charge in [-0.15, -0.1) is 6.58 Å². The van der Waals surface area contributed by atoms with E-state index in [-0.39, 0.29) is 10.6 Å². The van der Waals surface area contributed by atoms with Crippen LogP contribution in [0.3, 0.4) is 0 Å². The molecule has 0 fully saturated rings. The van der Waals surface area contributed by atoms with Crippen molar-refractivity contribution in [3.8, 4) is 0 Å². The molecule has 0 aliphatic heterocycles. The van der Waals surface area contributed by atoms with E-state index < -0.39 is 0 Å². The van der Waals surface area contributed by atoms with Crippen LogP contribution >= 0.6 is 11.6 Å². The normalized spacial score (nSPS) is 10.6. The third-order valence-corrected chi connectivity index (χ3v) is 3.45. The number of aromatic nitrogens is 4. The fourth-order valence-electron chi connectivity index (χ4n) is 2.06. The van der Waals surface area contributed by atoms with Crippen molar-refractivity contribution in [2.24, 2.45) is 7.05 Å². The Morgan fingerprint density at radius 3 is 2.95 bits per heavy atom. The highest BCUT2D eigenvalue weighted by Gasteiger charge is 2.10. The first-order valence-electron chi connectivity index (χ1n) is 6.68. The summed E-state index contributed by atoms with van der Waals surface area (Å²) in [5, 5.41) is 11.7. The van der Waals surface area contributed by atoms with Crippen LogP contribution < -0.4 is 10.9 Å². The molecule has 0 unspecified atom stereocenters. The van der Waals surface area contributed by atoms with Crippen LogP contribution in [0.1, 0.15) is 18.2 Å². The van der Waals surface area contributed by atoms with E-state index >= 15 is 0 Å². The maximum Gasteiger partial charge on any atom is 0.287 e. The van der Waals surface area contributed by atoms with E-state index in [0.29, 0.717) is 18.8 Å². The van der Waals surface area contributed by atoms with Gasteiger partial charge in [0.25, 0.3) is 5.56 Å². The van der Waals surface area contributed by atoms with Gasteiger partial charge in [0.15, 0.2) is 0 Å². The first-order valence-corrected chi connectivity index (χ1v) is 7.06. The number of anilines is 1. The molecule has 2 aromatic heterocycles. The molecule has 0 amide bonds. The summed E-state index contributed by atoms with van der Waals surface area (Å²) in [7, 11) is 1.88. The minimum absolute atomic E-state index is 0.133. The molecule has 2 aromatic rings. The molecule has 0 bridgehead atoms. The molecule has 7 heteroatoms. The van der Waals surface area contributed by atoms with Crippen molar-refractivity contribution in [2.45, 2.75) is 26.4 Å². The lowest BCUT2D eigenvalue weighted by Crippen LogP contribution is -2.23. The van der Waals surface area contributed by atoms with Crippen LogP contribution in [0.25, 0.3) is 0 Å². The largest absolute Gasteiger partial charge is 0.378 e. The van der Waals surface area contributed by atoms with Gasteiger partial charge in [-0.2, -0.15) is 10.2 Å². The average Bonchev–Trinajstić information content (AvgIpc) is 2.83. The summed E-state index contributed by atoms with van der Waals surface area (Å²) in [6.45, 7) is 6.51. The van der Waals surface area contributed by atoms with Crippen LogP contribution in [0, 0.1) is 0 Å². The molecular weight excluding hydrogens is 290 g/mol. The molecular formula is C14H18ClN5O. The standard InChI is InChI=1S/C14H18ClN5O/c1-4-6-20-14(21)13(15)12(8-17-20)16-7-10-9-19(3)18-11(10)5-2/h4,8-9,16H,1,5-7H2,2-3H3. The van der Waals surface area contributed by atoms with Crippen LogP contribution in [0.4, 0.5) is 5.69 Å². The molecule has 0 aliphatic rings. The van der Waals surface area contributed by atoms with E-state index in [1.54, 1.807) is 17.0 Å². The highest BCUT2D eigenvalue weighted by molar-refractivity contribution is 6.32. The second-order valence-electron chi connectivity index (χ2n) is 4.63. The highest BCUT2D eigenvalue weighted by atomic mass is 35.5. The number of nitrogens with zero attached hydrogens (tertiary/aromatic N) is 4. The summed E-state index contributed by atoms with van der Waals surface area (Å²) in [4.78, 5) is 12.0. The molecule has 2 rings (SSSR count). The summed E-state index contributed by atoms with van der Waals surface area (Å²) >= 11 is 6.09. The second kappa shape index (κ2) is 6.58. The van der Waals surface area contributed by atoms with E-state index in [0.717, 1.165) is 17.7 Å². The SMILES string of the molecule is C=CCn1ncc(NCc2cn(C)nc2CC)c(Cl)c1=O. The lowest BCUT2D eigenvalue weighted by Gasteiger charge is -2.09. The predicted molar refractivity (Wildman–Crippen MR) is 83.6 cm³/mol. The van der Waals surface area contributed by atoms with Gasteiger partial charge in [-0.3, -0.25) is 9.48 Å².